The van der Waals surface area contributed by atoms with Crippen LogP contribution in [0.25, 0.3) is 0 Å². The minimum Gasteiger partial charge on any atom is -0.466 e. The molecule has 7 nitrogen and oxygen atoms in total. The van der Waals surface area contributed by atoms with Gasteiger partial charge >= 0.3 is 5.97 Å². The summed E-state index contributed by atoms with van der Waals surface area (Å²) in [4.78, 5) is 48.9. The summed E-state index contributed by atoms with van der Waals surface area (Å²) in [6, 6.07) is 7.95. The zero-order valence-corrected chi connectivity index (χ0v) is 16.4. The third kappa shape index (κ3) is 6.51. The molecule has 0 aromatic heterocycles. The number of esters is 1. The highest BCUT2D eigenvalue weighted by atomic mass is 16.5. The largest absolute Gasteiger partial charge is 0.466 e. The van der Waals surface area contributed by atoms with Gasteiger partial charge in [0.15, 0.2) is 0 Å². The Labute approximate surface area is 159 Å². The van der Waals surface area contributed by atoms with Gasteiger partial charge in [-0.25, -0.2) is 0 Å². The highest BCUT2D eigenvalue weighted by Crippen LogP contribution is 2.19. The summed E-state index contributed by atoms with van der Waals surface area (Å²) in [6.07, 6.45) is 0. The number of hydrogen-bond acceptors (Lipinski definition) is 5. The van der Waals surface area contributed by atoms with Crippen LogP contribution in [0.2, 0.25) is 0 Å². The highest BCUT2D eigenvalue weighted by molar-refractivity contribution is 6.02. The van der Waals surface area contributed by atoms with Crippen LogP contribution in [0.15, 0.2) is 30.3 Å². The summed E-state index contributed by atoms with van der Waals surface area (Å²) in [6.45, 7) is 7.69. The molecular weight excluding hydrogens is 348 g/mol. The molecule has 0 spiro atoms. The molecule has 27 heavy (non-hydrogen) atoms. The number of carbonyl (C=O) groups is 4. The second-order valence-electron chi connectivity index (χ2n) is 6.50. The minimum absolute atomic E-state index is 0.165. The predicted molar refractivity (Wildman–Crippen MR) is 101 cm³/mol. The van der Waals surface area contributed by atoms with Gasteiger partial charge in [0, 0.05) is 6.92 Å². The van der Waals surface area contributed by atoms with Gasteiger partial charge in [-0.2, -0.15) is 0 Å². The fourth-order valence-corrected chi connectivity index (χ4v) is 2.88. The van der Waals surface area contributed by atoms with Gasteiger partial charge in [-0.1, -0.05) is 30.3 Å². The summed E-state index contributed by atoms with van der Waals surface area (Å²) >= 11 is 0. The van der Waals surface area contributed by atoms with E-state index in [4.69, 9.17) is 4.74 Å². The summed E-state index contributed by atoms with van der Waals surface area (Å²) in [5.41, 5.74) is 0.877. The normalized spacial score (nSPS) is 15.0. The average Bonchev–Trinajstić information content (AvgIpc) is 2.60. The maximum Gasteiger partial charge on any atom is 0.310 e. The van der Waals surface area contributed by atoms with Crippen LogP contribution in [-0.2, 0) is 23.9 Å². The third-order valence-electron chi connectivity index (χ3n) is 4.30. The van der Waals surface area contributed by atoms with Crippen molar-refractivity contribution in [1.82, 2.24) is 10.6 Å². The van der Waals surface area contributed by atoms with Crippen LogP contribution in [0.1, 0.15) is 46.2 Å². The minimum atomic E-state index is -1.21. The number of ether oxygens (including phenoxy) is 1. The van der Waals surface area contributed by atoms with Crippen LogP contribution in [0.4, 0.5) is 0 Å². The lowest BCUT2D eigenvalue weighted by Gasteiger charge is -2.30. The molecule has 2 N–H and O–H groups in total. The van der Waals surface area contributed by atoms with Crippen molar-refractivity contribution in [3.63, 3.8) is 0 Å². The summed E-state index contributed by atoms with van der Waals surface area (Å²) in [5, 5.41) is 5.37. The lowest BCUT2D eigenvalue weighted by atomic mass is 9.85. The first kappa shape index (κ1) is 22.3. The van der Waals surface area contributed by atoms with Crippen LogP contribution >= 0.6 is 0 Å². The van der Waals surface area contributed by atoms with Crippen molar-refractivity contribution in [3.05, 3.63) is 35.9 Å². The molecular formula is C20H28N2O5. The number of Topliss-reactive ketones (excluding diaryl/α,β-unsaturated/α-hetero) is 1. The predicted octanol–water partition coefficient (Wildman–Crippen LogP) is 1.77. The average molecular weight is 376 g/mol. The molecule has 1 aromatic carbocycles. The van der Waals surface area contributed by atoms with Crippen molar-refractivity contribution in [3.8, 4) is 0 Å². The smallest absolute Gasteiger partial charge is 0.310 e. The van der Waals surface area contributed by atoms with Crippen molar-refractivity contribution < 1.29 is 23.9 Å². The van der Waals surface area contributed by atoms with Crippen LogP contribution in [0.3, 0.4) is 0 Å². The zero-order chi connectivity index (χ0) is 20.6. The van der Waals surface area contributed by atoms with Crippen molar-refractivity contribution in [2.45, 2.75) is 46.7 Å². The molecule has 3 unspecified atom stereocenters. The van der Waals surface area contributed by atoms with Gasteiger partial charge < -0.3 is 15.4 Å². The van der Waals surface area contributed by atoms with Gasteiger partial charge in [0.2, 0.25) is 11.8 Å². The summed E-state index contributed by atoms with van der Waals surface area (Å²) in [5.74, 6) is -4.07. The van der Waals surface area contributed by atoms with E-state index in [1.165, 1.54) is 20.8 Å². The fraction of sp³-hybridized carbons (Fsp3) is 0.500. The SMILES string of the molecule is CCOC(=O)C(C)C(NC(C)=O)C(C(C)=O)C(=O)N[C@@H](C)c1ccccc1. The van der Waals surface area contributed by atoms with Crippen LogP contribution < -0.4 is 10.6 Å². The Bertz CT molecular complexity index is 674. The van der Waals surface area contributed by atoms with Crippen molar-refractivity contribution in [1.29, 1.82) is 0 Å². The molecule has 1 rings (SSSR count). The molecule has 4 atom stereocenters. The lowest BCUT2D eigenvalue weighted by molar-refractivity contribution is -0.150. The van der Waals surface area contributed by atoms with Gasteiger partial charge in [0.1, 0.15) is 11.7 Å². The number of hydrogen-bond donors (Lipinski definition) is 2. The highest BCUT2D eigenvalue weighted by Gasteiger charge is 2.40. The van der Waals surface area contributed by atoms with E-state index in [1.807, 2.05) is 30.3 Å². The molecule has 0 saturated carbocycles. The Hall–Kier alpha value is -2.70. The van der Waals surface area contributed by atoms with Gasteiger partial charge in [0.05, 0.1) is 24.6 Å². The third-order valence-corrected chi connectivity index (χ3v) is 4.30. The summed E-state index contributed by atoms with van der Waals surface area (Å²) < 4.78 is 4.99. The Morgan fingerprint density at radius 1 is 1.00 bits per heavy atom. The van der Waals surface area contributed by atoms with E-state index in [9.17, 15) is 19.2 Å². The molecule has 148 valence electrons. The molecule has 0 heterocycles. The second kappa shape index (κ2) is 10.4. The van der Waals surface area contributed by atoms with E-state index in [2.05, 4.69) is 10.6 Å². The van der Waals surface area contributed by atoms with Gasteiger partial charge in [0.25, 0.3) is 0 Å². The topological polar surface area (TPSA) is 102 Å². The molecule has 2 amide bonds. The monoisotopic (exact) mass is 376 g/mol. The van der Waals surface area contributed by atoms with E-state index in [-0.39, 0.29) is 12.6 Å². The maximum atomic E-state index is 12.8. The molecule has 0 fully saturated rings. The van der Waals surface area contributed by atoms with Crippen molar-refractivity contribution in [2.24, 2.45) is 11.8 Å². The molecule has 0 aliphatic heterocycles. The number of nitrogens with one attached hydrogen (secondary N) is 2. The first-order chi connectivity index (χ1) is 12.7. The van der Waals surface area contributed by atoms with E-state index in [0.717, 1.165) is 5.56 Å². The summed E-state index contributed by atoms with van der Waals surface area (Å²) in [7, 11) is 0. The number of ketones is 1. The number of benzene rings is 1. The first-order valence-corrected chi connectivity index (χ1v) is 8.98. The van der Waals surface area contributed by atoms with Gasteiger partial charge in [-0.15, -0.1) is 0 Å². The van der Waals surface area contributed by atoms with Crippen LogP contribution in [-0.4, -0.2) is 36.2 Å². The molecule has 0 radical (unpaired) electrons. The Balaban J connectivity index is 3.08. The molecule has 0 saturated heterocycles. The first-order valence-electron chi connectivity index (χ1n) is 8.98. The van der Waals surface area contributed by atoms with E-state index < -0.39 is 41.4 Å². The van der Waals surface area contributed by atoms with Gasteiger partial charge in [-0.05, 0) is 33.3 Å². The number of rotatable bonds is 9. The van der Waals surface area contributed by atoms with E-state index in [1.54, 1.807) is 13.8 Å². The Kier molecular flexibility index (Phi) is 8.65. The van der Waals surface area contributed by atoms with E-state index in [0.29, 0.717) is 0 Å². The quantitative estimate of drug-likeness (QED) is 0.505. The Morgan fingerprint density at radius 2 is 1.59 bits per heavy atom. The fourth-order valence-electron chi connectivity index (χ4n) is 2.88. The standard InChI is InChI=1S/C20H28N2O5/c1-6-27-20(26)12(2)18(22-15(5)24)17(14(4)23)19(25)21-13(3)16-10-8-7-9-11-16/h7-13,17-18H,6H2,1-5H3,(H,21,25)(H,22,24)/t12?,13-,17?,18?/m0/s1. The second-order valence-corrected chi connectivity index (χ2v) is 6.50. The number of carbonyl (C=O) groups excluding carboxylic acids is 4. The Morgan fingerprint density at radius 3 is 2.07 bits per heavy atom. The molecule has 1 aromatic rings. The van der Waals surface area contributed by atoms with Crippen LogP contribution in [0, 0.1) is 11.8 Å². The van der Waals surface area contributed by atoms with Crippen LogP contribution in [0.5, 0.6) is 0 Å². The molecule has 7 heteroatoms. The maximum absolute atomic E-state index is 12.8. The number of amides is 2. The van der Waals surface area contributed by atoms with Gasteiger partial charge in [-0.3, -0.25) is 19.2 Å². The molecule has 0 aliphatic rings. The molecule has 0 aliphatic carbocycles. The van der Waals surface area contributed by atoms with Crippen molar-refractivity contribution in [2.75, 3.05) is 6.61 Å². The lowest BCUT2D eigenvalue weighted by Crippen LogP contribution is -2.54. The van der Waals surface area contributed by atoms with E-state index >= 15 is 0 Å². The molecule has 0 bridgehead atoms. The zero-order valence-electron chi connectivity index (χ0n) is 16.4. The van der Waals surface area contributed by atoms with Crippen molar-refractivity contribution >= 4 is 23.6 Å².